The minimum Gasteiger partial charge on any atom is -0.326 e. The quantitative estimate of drug-likeness (QED) is 0.906. The van der Waals surface area contributed by atoms with E-state index in [1.165, 1.54) is 61.9 Å². The topological polar surface area (TPSA) is 32.3 Å². The van der Waals surface area contributed by atoms with Gasteiger partial charge in [-0.1, -0.05) is 24.1 Å². The second kappa shape index (κ2) is 7.04. The predicted molar refractivity (Wildman–Crippen MR) is 95.8 cm³/mol. The van der Waals surface area contributed by atoms with E-state index in [4.69, 9.17) is 0 Å². The van der Waals surface area contributed by atoms with Crippen LogP contribution in [0.15, 0.2) is 12.1 Å². The normalized spacial score (nSPS) is 25.0. The molecule has 3 rings (SSSR count). The summed E-state index contributed by atoms with van der Waals surface area (Å²) < 4.78 is 0. The fourth-order valence-electron chi connectivity index (χ4n) is 4.62. The lowest BCUT2D eigenvalue weighted by Gasteiger charge is -2.44. The average Bonchev–Trinajstić information content (AvgIpc) is 2.51. The molecular formula is C20H30N2O. The molecule has 2 fully saturated rings. The van der Waals surface area contributed by atoms with Crippen LogP contribution < -0.4 is 5.32 Å². The van der Waals surface area contributed by atoms with Crippen LogP contribution in [0.2, 0.25) is 0 Å². The Morgan fingerprint density at radius 2 is 1.78 bits per heavy atom. The van der Waals surface area contributed by atoms with E-state index in [1.54, 1.807) is 0 Å². The lowest BCUT2D eigenvalue weighted by molar-refractivity contribution is -0.118. The molecule has 0 unspecified atom stereocenters. The molecule has 2 atom stereocenters. The number of amides is 1. The van der Waals surface area contributed by atoms with Crippen LogP contribution in [0.25, 0.3) is 0 Å². The first-order valence-electron chi connectivity index (χ1n) is 9.16. The van der Waals surface area contributed by atoms with Crippen LogP contribution in [0.3, 0.4) is 0 Å². The Labute approximate surface area is 140 Å². The number of fused-ring (bicyclic) bond motifs is 1. The average molecular weight is 314 g/mol. The number of nitrogens with zero attached hydrogens (tertiary/aromatic N) is 1. The summed E-state index contributed by atoms with van der Waals surface area (Å²) in [7, 11) is 0. The predicted octanol–water partition coefficient (Wildman–Crippen LogP) is 4.20. The Balaban J connectivity index is 1.65. The molecular weight excluding hydrogens is 284 g/mol. The van der Waals surface area contributed by atoms with Crippen molar-refractivity contribution >= 4 is 11.6 Å². The van der Waals surface area contributed by atoms with Crippen molar-refractivity contribution < 1.29 is 4.79 Å². The highest BCUT2D eigenvalue weighted by Gasteiger charge is 2.34. The maximum Gasteiger partial charge on any atom is 0.224 e. The van der Waals surface area contributed by atoms with Gasteiger partial charge in [0.1, 0.15) is 0 Å². The second-order valence-electron chi connectivity index (χ2n) is 7.53. The smallest absolute Gasteiger partial charge is 0.224 e. The number of benzene rings is 1. The Bertz CT molecular complexity index is 556. The minimum absolute atomic E-state index is 0.192. The lowest BCUT2D eigenvalue weighted by atomic mass is 9.81. The van der Waals surface area contributed by atoms with E-state index in [2.05, 4.69) is 43.1 Å². The van der Waals surface area contributed by atoms with Gasteiger partial charge in [0, 0.05) is 18.2 Å². The Morgan fingerprint density at radius 3 is 2.52 bits per heavy atom. The summed E-state index contributed by atoms with van der Waals surface area (Å²) in [5, 5.41) is 3.19. The summed E-state index contributed by atoms with van der Waals surface area (Å²) in [4.78, 5) is 15.2. The molecule has 2 aliphatic rings. The van der Waals surface area contributed by atoms with E-state index >= 15 is 0 Å². The highest BCUT2D eigenvalue weighted by atomic mass is 16.1. The standard InChI is InChI=1S/C20H30N2O/c1-14-11-15(2)20(16(3)12-14)21-19(23)13-17-7-6-10-22-9-5-4-8-18(17)22/h11-12,17-18H,4-10,13H2,1-3H3,(H,21,23)/t17-,18+/m0/s1. The first kappa shape index (κ1) is 16.5. The maximum atomic E-state index is 12.6. The van der Waals surface area contributed by atoms with Crippen molar-refractivity contribution in [2.45, 2.75) is 65.3 Å². The molecule has 0 aromatic heterocycles. The Morgan fingerprint density at radius 1 is 1.09 bits per heavy atom. The highest BCUT2D eigenvalue weighted by Crippen LogP contribution is 2.33. The van der Waals surface area contributed by atoms with E-state index in [1.807, 2.05) is 0 Å². The molecule has 126 valence electrons. The van der Waals surface area contributed by atoms with Crippen molar-refractivity contribution in [1.82, 2.24) is 4.90 Å². The van der Waals surface area contributed by atoms with Gasteiger partial charge in [-0.3, -0.25) is 4.79 Å². The van der Waals surface area contributed by atoms with Crippen molar-refractivity contribution in [2.75, 3.05) is 18.4 Å². The third-order valence-electron chi connectivity index (χ3n) is 5.62. The van der Waals surface area contributed by atoms with Crippen LogP contribution in [0, 0.1) is 26.7 Å². The van der Waals surface area contributed by atoms with E-state index in [9.17, 15) is 4.79 Å². The molecule has 0 bridgehead atoms. The van der Waals surface area contributed by atoms with Crippen molar-refractivity contribution in [3.8, 4) is 0 Å². The van der Waals surface area contributed by atoms with Gasteiger partial charge in [0.2, 0.25) is 5.91 Å². The zero-order valence-electron chi connectivity index (χ0n) is 14.8. The first-order valence-corrected chi connectivity index (χ1v) is 9.16. The molecule has 0 radical (unpaired) electrons. The van der Waals surface area contributed by atoms with Crippen LogP contribution in [-0.2, 0) is 4.79 Å². The molecule has 2 saturated heterocycles. The fourth-order valence-corrected chi connectivity index (χ4v) is 4.62. The number of nitrogens with one attached hydrogen (secondary N) is 1. The van der Waals surface area contributed by atoms with Crippen molar-refractivity contribution in [3.63, 3.8) is 0 Å². The Hall–Kier alpha value is -1.35. The Kier molecular flexibility index (Phi) is 5.05. The van der Waals surface area contributed by atoms with Crippen LogP contribution in [0.5, 0.6) is 0 Å². The van der Waals surface area contributed by atoms with Gasteiger partial charge in [-0.25, -0.2) is 0 Å². The summed E-state index contributed by atoms with van der Waals surface area (Å²) in [5.74, 6) is 0.729. The minimum atomic E-state index is 0.192. The number of hydrogen-bond donors (Lipinski definition) is 1. The van der Waals surface area contributed by atoms with Crippen LogP contribution in [0.1, 0.15) is 55.2 Å². The number of rotatable bonds is 3. The molecule has 2 heterocycles. The number of carbonyl (C=O) groups is 1. The van der Waals surface area contributed by atoms with Crippen LogP contribution in [-0.4, -0.2) is 29.9 Å². The summed E-state index contributed by atoms with van der Waals surface area (Å²) in [6.07, 6.45) is 7.07. The van der Waals surface area contributed by atoms with E-state index in [-0.39, 0.29) is 5.91 Å². The molecule has 3 nitrogen and oxygen atoms in total. The summed E-state index contributed by atoms with van der Waals surface area (Å²) in [6, 6.07) is 4.93. The van der Waals surface area contributed by atoms with Crippen molar-refractivity contribution in [2.24, 2.45) is 5.92 Å². The monoisotopic (exact) mass is 314 g/mol. The van der Waals surface area contributed by atoms with Gasteiger partial charge < -0.3 is 10.2 Å². The molecule has 0 saturated carbocycles. The molecule has 0 spiro atoms. The molecule has 3 heteroatoms. The molecule has 0 aliphatic carbocycles. The number of anilines is 1. The van der Waals surface area contributed by atoms with E-state index in [0.717, 1.165) is 5.69 Å². The largest absolute Gasteiger partial charge is 0.326 e. The molecule has 2 aliphatic heterocycles. The number of carbonyl (C=O) groups excluding carboxylic acids is 1. The van der Waals surface area contributed by atoms with Gasteiger partial charge in [0.25, 0.3) is 0 Å². The molecule has 1 aromatic carbocycles. The molecule has 1 N–H and O–H groups in total. The van der Waals surface area contributed by atoms with Gasteiger partial charge in [-0.2, -0.15) is 0 Å². The number of aryl methyl sites for hydroxylation is 3. The molecule has 1 aromatic rings. The third-order valence-corrected chi connectivity index (χ3v) is 5.62. The first-order chi connectivity index (χ1) is 11.0. The van der Waals surface area contributed by atoms with Crippen molar-refractivity contribution in [3.05, 3.63) is 28.8 Å². The number of hydrogen-bond acceptors (Lipinski definition) is 2. The van der Waals surface area contributed by atoms with E-state index in [0.29, 0.717) is 18.4 Å². The zero-order chi connectivity index (χ0) is 16.4. The highest BCUT2D eigenvalue weighted by molar-refractivity contribution is 5.92. The third kappa shape index (κ3) is 3.77. The molecule has 1 amide bonds. The van der Waals surface area contributed by atoms with Gasteiger partial charge in [-0.05, 0) is 76.6 Å². The van der Waals surface area contributed by atoms with Gasteiger partial charge in [-0.15, -0.1) is 0 Å². The summed E-state index contributed by atoms with van der Waals surface area (Å²) >= 11 is 0. The van der Waals surface area contributed by atoms with Gasteiger partial charge in [0.05, 0.1) is 0 Å². The zero-order valence-corrected chi connectivity index (χ0v) is 14.8. The van der Waals surface area contributed by atoms with Gasteiger partial charge >= 0.3 is 0 Å². The van der Waals surface area contributed by atoms with Crippen LogP contribution in [0.4, 0.5) is 5.69 Å². The number of piperidine rings is 2. The fraction of sp³-hybridized carbons (Fsp3) is 0.650. The summed E-state index contributed by atoms with van der Waals surface area (Å²) in [5.41, 5.74) is 4.60. The van der Waals surface area contributed by atoms with Gasteiger partial charge in [0.15, 0.2) is 0 Å². The maximum absolute atomic E-state index is 12.6. The lowest BCUT2D eigenvalue weighted by Crippen LogP contribution is -2.48. The molecule has 23 heavy (non-hydrogen) atoms. The van der Waals surface area contributed by atoms with E-state index < -0.39 is 0 Å². The van der Waals surface area contributed by atoms with Crippen molar-refractivity contribution in [1.29, 1.82) is 0 Å². The SMILES string of the molecule is Cc1cc(C)c(NC(=O)C[C@@H]2CCCN3CCCC[C@H]23)c(C)c1. The summed E-state index contributed by atoms with van der Waals surface area (Å²) in [6.45, 7) is 8.74. The van der Waals surface area contributed by atoms with Crippen LogP contribution >= 0.6 is 0 Å². The second-order valence-corrected chi connectivity index (χ2v) is 7.53.